The summed E-state index contributed by atoms with van der Waals surface area (Å²) in [6.07, 6.45) is 0. The van der Waals surface area contributed by atoms with E-state index >= 15 is 0 Å². The molecule has 0 spiro atoms. The molecule has 24 heavy (non-hydrogen) atoms. The zero-order valence-electron chi connectivity index (χ0n) is 13.1. The van der Waals surface area contributed by atoms with Crippen molar-refractivity contribution < 1.29 is 19.0 Å². The van der Waals surface area contributed by atoms with Crippen LogP contribution in [-0.4, -0.2) is 65.2 Å². The topological polar surface area (TPSA) is 115 Å². The van der Waals surface area contributed by atoms with E-state index in [0.29, 0.717) is 37.5 Å². The molecule has 0 atom stereocenters. The van der Waals surface area contributed by atoms with Gasteiger partial charge in [-0.3, -0.25) is 9.59 Å². The Hall–Kier alpha value is -3.10. The van der Waals surface area contributed by atoms with Gasteiger partial charge in [0.15, 0.2) is 0 Å². The van der Waals surface area contributed by atoms with Crippen molar-refractivity contribution in [3.8, 4) is 5.75 Å². The van der Waals surface area contributed by atoms with Gasteiger partial charge in [0, 0.05) is 26.2 Å². The standard InChI is InChI=1S/C15H17N5O4/c1-23-11-5-3-2-4-10(11)14(21)19-6-8-20(9-7-19)15(22)12-13(16)18-24-17-12/h2-5H,6-9H2,1H3,(H2,16,18). The molecule has 9 nitrogen and oxygen atoms in total. The minimum absolute atomic E-state index is 0.000458. The van der Waals surface area contributed by atoms with Gasteiger partial charge < -0.3 is 20.3 Å². The largest absolute Gasteiger partial charge is 0.496 e. The quantitative estimate of drug-likeness (QED) is 0.857. The summed E-state index contributed by atoms with van der Waals surface area (Å²) in [7, 11) is 1.53. The number of nitrogens with two attached hydrogens (primary N) is 1. The van der Waals surface area contributed by atoms with Crippen LogP contribution in [0.1, 0.15) is 20.8 Å². The Labute approximate surface area is 137 Å². The summed E-state index contributed by atoms with van der Waals surface area (Å²) in [6.45, 7) is 1.58. The molecule has 0 radical (unpaired) electrons. The van der Waals surface area contributed by atoms with Crippen LogP contribution in [0.4, 0.5) is 5.82 Å². The van der Waals surface area contributed by atoms with E-state index < -0.39 is 0 Å². The van der Waals surface area contributed by atoms with Crippen molar-refractivity contribution >= 4 is 17.6 Å². The highest BCUT2D eigenvalue weighted by Gasteiger charge is 2.29. The van der Waals surface area contributed by atoms with Crippen LogP contribution < -0.4 is 10.5 Å². The van der Waals surface area contributed by atoms with E-state index in [2.05, 4.69) is 14.9 Å². The maximum Gasteiger partial charge on any atom is 0.280 e. The van der Waals surface area contributed by atoms with E-state index in [0.717, 1.165) is 0 Å². The number of nitrogen functional groups attached to an aromatic ring is 1. The zero-order chi connectivity index (χ0) is 17.1. The molecule has 1 aliphatic rings. The lowest BCUT2D eigenvalue weighted by Gasteiger charge is -2.34. The number of methoxy groups -OCH3 is 1. The minimum Gasteiger partial charge on any atom is -0.496 e. The molecule has 1 aliphatic heterocycles. The van der Waals surface area contributed by atoms with Crippen molar-refractivity contribution in [3.05, 3.63) is 35.5 Å². The van der Waals surface area contributed by atoms with E-state index in [1.54, 1.807) is 28.0 Å². The third-order valence-corrected chi connectivity index (χ3v) is 3.91. The maximum absolute atomic E-state index is 12.6. The van der Waals surface area contributed by atoms with Gasteiger partial charge in [-0.2, -0.15) is 0 Å². The van der Waals surface area contributed by atoms with Gasteiger partial charge in [-0.25, -0.2) is 4.63 Å². The molecular weight excluding hydrogens is 314 g/mol. The number of ether oxygens (including phenoxy) is 1. The zero-order valence-corrected chi connectivity index (χ0v) is 13.1. The molecular formula is C15H17N5O4. The Morgan fingerprint density at radius 2 is 1.71 bits per heavy atom. The van der Waals surface area contributed by atoms with Gasteiger partial charge >= 0.3 is 0 Å². The van der Waals surface area contributed by atoms with Crippen LogP contribution in [0.5, 0.6) is 5.75 Å². The van der Waals surface area contributed by atoms with E-state index in [1.165, 1.54) is 7.11 Å². The number of carbonyl (C=O) groups excluding carboxylic acids is 2. The van der Waals surface area contributed by atoms with Gasteiger partial charge in [0.25, 0.3) is 11.8 Å². The van der Waals surface area contributed by atoms with Gasteiger partial charge in [0.2, 0.25) is 11.5 Å². The van der Waals surface area contributed by atoms with Crippen LogP contribution in [0.2, 0.25) is 0 Å². The SMILES string of the molecule is COc1ccccc1C(=O)N1CCN(C(=O)c2nonc2N)CC1. The molecule has 3 rings (SSSR count). The highest BCUT2D eigenvalue weighted by molar-refractivity contribution is 5.98. The van der Waals surface area contributed by atoms with Gasteiger partial charge in [0.1, 0.15) is 5.75 Å². The maximum atomic E-state index is 12.6. The second kappa shape index (κ2) is 6.57. The Morgan fingerprint density at radius 3 is 2.29 bits per heavy atom. The predicted octanol–water partition coefficient (Wildman–Crippen LogP) is 0.259. The number of para-hydroxylation sites is 1. The number of anilines is 1. The van der Waals surface area contributed by atoms with Crippen molar-refractivity contribution in [2.75, 3.05) is 39.0 Å². The van der Waals surface area contributed by atoms with Gasteiger partial charge in [-0.1, -0.05) is 12.1 Å². The molecule has 1 aromatic heterocycles. The summed E-state index contributed by atoms with van der Waals surface area (Å²) in [6, 6.07) is 7.06. The normalized spacial score (nSPS) is 14.5. The Morgan fingerprint density at radius 1 is 1.08 bits per heavy atom. The first-order valence-electron chi connectivity index (χ1n) is 7.41. The molecule has 126 valence electrons. The number of hydrogen-bond donors (Lipinski definition) is 1. The molecule has 1 fully saturated rings. The number of hydrogen-bond acceptors (Lipinski definition) is 7. The Balaban J connectivity index is 1.66. The van der Waals surface area contributed by atoms with Gasteiger partial charge in [-0.15, -0.1) is 0 Å². The summed E-state index contributed by atoms with van der Waals surface area (Å²) < 4.78 is 9.68. The minimum atomic E-state index is -0.349. The predicted molar refractivity (Wildman–Crippen MR) is 83.5 cm³/mol. The Kier molecular flexibility index (Phi) is 4.32. The number of carbonyl (C=O) groups is 2. The number of piperazine rings is 1. The van der Waals surface area contributed by atoms with Gasteiger partial charge in [-0.05, 0) is 22.4 Å². The van der Waals surface area contributed by atoms with Crippen molar-refractivity contribution in [2.45, 2.75) is 0 Å². The summed E-state index contributed by atoms with van der Waals surface area (Å²) >= 11 is 0. The molecule has 2 heterocycles. The summed E-state index contributed by atoms with van der Waals surface area (Å²) in [5.74, 6) is 0.0234. The third kappa shape index (κ3) is 2.87. The average molecular weight is 331 g/mol. The summed E-state index contributed by atoms with van der Waals surface area (Å²) in [5.41, 5.74) is 6.04. The third-order valence-electron chi connectivity index (χ3n) is 3.91. The Bertz CT molecular complexity index is 752. The monoisotopic (exact) mass is 331 g/mol. The second-order valence-electron chi connectivity index (χ2n) is 5.28. The lowest BCUT2D eigenvalue weighted by Crippen LogP contribution is -2.50. The molecule has 0 aliphatic carbocycles. The summed E-state index contributed by atoms with van der Waals surface area (Å²) in [4.78, 5) is 28.2. The van der Waals surface area contributed by atoms with Crippen molar-refractivity contribution in [3.63, 3.8) is 0 Å². The van der Waals surface area contributed by atoms with Crippen LogP contribution in [0.15, 0.2) is 28.9 Å². The first-order chi connectivity index (χ1) is 11.6. The fraction of sp³-hybridized carbons (Fsp3) is 0.333. The van der Waals surface area contributed by atoms with E-state index in [4.69, 9.17) is 10.5 Å². The van der Waals surface area contributed by atoms with Crippen LogP contribution in [0.3, 0.4) is 0 Å². The molecule has 1 saturated heterocycles. The van der Waals surface area contributed by atoms with Crippen LogP contribution in [0, 0.1) is 0 Å². The van der Waals surface area contributed by atoms with Crippen LogP contribution in [-0.2, 0) is 0 Å². The molecule has 2 N–H and O–H groups in total. The smallest absolute Gasteiger partial charge is 0.280 e. The van der Waals surface area contributed by atoms with Crippen molar-refractivity contribution in [1.82, 2.24) is 20.1 Å². The summed E-state index contributed by atoms with van der Waals surface area (Å²) in [5, 5.41) is 6.92. The first kappa shape index (κ1) is 15.8. The second-order valence-corrected chi connectivity index (χ2v) is 5.28. The lowest BCUT2D eigenvalue weighted by molar-refractivity contribution is 0.0528. The first-order valence-corrected chi connectivity index (χ1v) is 7.41. The molecule has 9 heteroatoms. The number of nitrogens with zero attached hydrogens (tertiary/aromatic N) is 4. The molecule has 1 aromatic carbocycles. The highest BCUT2D eigenvalue weighted by atomic mass is 16.6. The fourth-order valence-corrected chi connectivity index (χ4v) is 2.60. The van der Waals surface area contributed by atoms with E-state index in [1.807, 2.05) is 6.07 Å². The van der Waals surface area contributed by atoms with Crippen LogP contribution >= 0.6 is 0 Å². The molecule has 0 unspecified atom stereocenters. The van der Waals surface area contributed by atoms with Crippen molar-refractivity contribution in [2.24, 2.45) is 0 Å². The highest BCUT2D eigenvalue weighted by Crippen LogP contribution is 2.20. The number of rotatable bonds is 3. The van der Waals surface area contributed by atoms with Crippen molar-refractivity contribution in [1.29, 1.82) is 0 Å². The molecule has 0 bridgehead atoms. The number of benzene rings is 1. The lowest BCUT2D eigenvalue weighted by atomic mass is 10.1. The van der Waals surface area contributed by atoms with Gasteiger partial charge in [0.05, 0.1) is 12.7 Å². The molecule has 0 saturated carbocycles. The van der Waals surface area contributed by atoms with E-state index in [9.17, 15) is 9.59 Å². The average Bonchev–Trinajstić information content (AvgIpc) is 3.06. The van der Waals surface area contributed by atoms with E-state index in [-0.39, 0.29) is 23.3 Å². The molecule has 2 aromatic rings. The van der Waals surface area contributed by atoms with Crippen LogP contribution in [0.25, 0.3) is 0 Å². The number of aromatic nitrogens is 2. The fourth-order valence-electron chi connectivity index (χ4n) is 2.60. The number of amides is 2. The molecule has 2 amide bonds.